The van der Waals surface area contributed by atoms with E-state index in [1.54, 1.807) is 46.9 Å². The van der Waals surface area contributed by atoms with Gasteiger partial charge in [0.15, 0.2) is 0 Å². The monoisotopic (exact) mass is 946 g/mol. The van der Waals surface area contributed by atoms with Crippen molar-refractivity contribution in [2.45, 2.75) is 52.4 Å². The summed E-state index contributed by atoms with van der Waals surface area (Å²) in [6.07, 6.45) is 3.68. The van der Waals surface area contributed by atoms with Crippen LogP contribution in [0.1, 0.15) is 73.6 Å². The van der Waals surface area contributed by atoms with Crippen LogP contribution in [0.25, 0.3) is 43.1 Å². The van der Waals surface area contributed by atoms with Crippen LogP contribution in [0, 0.1) is 11.6 Å². The first-order valence-corrected chi connectivity index (χ1v) is 22.8. The third-order valence-electron chi connectivity index (χ3n) is 9.87. The fourth-order valence-corrected chi connectivity index (χ4v) is 8.61. The SMILES string of the molecule is CC(C)(C)c1cc(-c2cc(-c3ccc(C(=O)Nc4ccc(F)cc4)cc3Cl)cs2)ccn1.CC(C)(C)c1cc(-c2cc(-c3ccc(C(=O)O)cc3Cl)cs2)ccn1.Nc1ccc(F)cc1. The zero-order valence-electron chi connectivity index (χ0n) is 36.4. The number of carboxylic acid groups (broad SMARTS) is 1. The van der Waals surface area contributed by atoms with Crippen LogP contribution >= 0.6 is 45.9 Å². The number of nitrogens with one attached hydrogen (secondary N) is 1. The Morgan fingerprint density at radius 1 is 0.585 bits per heavy atom. The molecule has 4 aromatic carbocycles. The molecule has 0 aliphatic carbocycles. The Labute approximate surface area is 395 Å². The van der Waals surface area contributed by atoms with Crippen molar-refractivity contribution in [3.05, 3.63) is 189 Å². The molecule has 0 atom stereocenters. The van der Waals surface area contributed by atoms with Gasteiger partial charge in [-0.3, -0.25) is 14.8 Å². The van der Waals surface area contributed by atoms with Gasteiger partial charge in [0, 0.05) is 82.5 Å². The Bertz CT molecular complexity index is 2920. The number of thiophene rings is 2. The van der Waals surface area contributed by atoms with Gasteiger partial charge in [0.25, 0.3) is 5.91 Å². The van der Waals surface area contributed by atoms with E-state index >= 15 is 0 Å². The number of benzene rings is 4. The highest BCUT2D eigenvalue weighted by Gasteiger charge is 2.19. The quantitative estimate of drug-likeness (QED) is 0.137. The number of carboxylic acids is 1. The van der Waals surface area contributed by atoms with Crippen LogP contribution in [0.5, 0.6) is 0 Å². The van der Waals surface area contributed by atoms with Crippen molar-refractivity contribution in [1.82, 2.24) is 9.97 Å². The number of amides is 1. The standard InChI is InChI=1S/C26H22ClFN2OS.C20H18ClNO2S.C6H6FN/c1-26(2,3)24-14-16(10-11-29-24)23-13-18(15-32-23)21-9-4-17(12-22(21)27)25(31)30-20-7-5-19(28)6-8-20;1-20(2,3)18-10-12(6-7-22-18)17-9-14(11-25-17)15-5-4-13(19(23)24)8-16(15)21;7-5-1-3-6(8)4-2-5/h4-15H,1-3H3,(H,30,31);4-11H,1-3H3,(H,23,24);1-4H,8H2. The van der Waals surface area contributed by atoms with Crippen LogP contribution in [0.3, 0.4) is 0 Å². The smallest absolute Gasteiger partial charge is 0.335 e. The minimum atomic E-state index is -0.981. The lowest BCUT2D eigenvalue weighted by atomic mass is 9.90. The van der Waals surface area contributed by atoms with Crippen molar-refractivity contribution in [1.29, 1.82) is 0 Å². The fourth-order valence-electron chi connectivity index (χ4n) is 6.22. The number of nitrogens with two attached hydrogens (primary N) is 1. The van der Waals surface area contributed by atoms with E-state index in [1.807, 2.05) is 36.0 Å². The number of aromatic carboxylic acids is 1. The zero-order valence-corrected chi connectivity index (χ0v) is 39.6. The molecule has 0 radical (unpaired) electrons. The van der Waals surface area contributed by atoms with Gasteiger partial charge in [0.1, 0.15) is 11.6 Å². The number of hydrogen-bond donors (Lipinski definition) is 3. The normalized spacial score (nSPS) is 11.2. The number of hydrogen-bond acceptors (Lipinski definition) is 7. The van der Waals surface area contributed by atoms with Crippen molar-refractivity contribution < 1.29 is 23.5 Å². The van der Waals surface area contributed by atoms with Crippen LogP contribution in [0.2, 0.25) is 10.0 Å². The largest absolute Gasteiger partial charge is 0.478 e. The molecule has 0 saturated heterocycles. The highest BCUT2D eigenvalue weighted by molar-refractivity contribution is 7.14. The Hall–Kier alpha value is -6.24. The second-order valence-electron chi connectivity index (χ2n) is 17.0. The topological polar surface area (TPSA) is 118 Å². The molecule has 7 nitrogen and oxygen atoms in total. The maximum atomic E-state index is 13.1. The molecule has 0 spiro atoms. The Morgan fingerprint density at radius 3 is 1.43 bits per heavy atom. The highest BCUT2D eigenvalue weighted by atomic mass is 35.5. The van der Waals surface area contributed by atoms with E-state index in [1.165, 1.54) is 54.6 Å². The number of nitrogen functional groups attached to an aromatic ring is 1. The van der Waals surface area contributed by atoms with E-state index in [2.05, 4.69) is 86.5 Å². The van der Waals surface area contributed by atoms with Gasteiger partial charge in [-0.25, -0.2) is 13.6 Å². The molecular formula is C52H46Cl2F2N4O3S2. The molecule has 8 aromatic rings. The number of nitrogens with zero attached hydrogens (tertiary/aromatic N) is 2. The van der Waals surface area contributed by atoms with Gasteiger partial charge in [0.2, 0.25) is 0 Å². The lowest BCUT2D eigenvalue weighted by Crippen LogP contribution is -2.13. The van der Waals surface area contributed by atoms with E-state index in [4.69, 9.17) is 34.0 Å². The molecule has 4 N–H and O–H groups in total. The lowest BCUT2D eigenvalue weighted by Gasteiger charge is -2.17. The summed E-state index contributed by atoms with van der Waals surface area (Å²) in [5.74, 6) is -1.89. The molecule has 8 rings (SSSR count). The third-order valence-corrected chi connectivity index (χ3v) is 12.5. The van der Waals surface area contributed by atoms with Gasteiger partial charge in [0.05, 0.1) is 5.56 Å². The maximum absolute atomic E-state index is 13.1. The third kappa shape index (κ3) is 13.0. The van der Waals surface area contributed by atoms with Crippen molar-refractivity contribution in [2.75, 3.05) is 11.1 Å². The molecule has 0 aliphatic rings. The van der Waals surface area contributed by atoms with Crippen molar-refractivity contribution in [3.8, 4) is 43.1 Å². The summed E-state index contributed by atoms with van der Waals surface area (Å²) in [4.78, 5) is 34.8. The van der Waals surface area contributed by atoms with E-state index in [-0.39, 0.29) is 33.9 Å². The zero-order chi connectivity index (χ0) is 47.1. The number of aromatic nitrogens is 2. The molecule has 0 fully saturated rings. The molecule has 1 amide bonds. The van der Waals surface area contributed by atoms with Gasteiger partial charge >= 0.3 is 5.97 Å². The van der Waals surface area contributed by atoms with Crippen LogP contribution in [0.15, 0.2) is 144 Å². The first-order chi connectivity index (χ1) is 30.7. The van der Waals surface area contributed by atoms with Crippen LogP contribution < -0.4 is 11.1 Å². The first kappa shape index (κ1) is 48.2. The van der Waals surface area contributed by atoms with E-state index in [0.29, 0.717) is 27.0 Å². The van der Waals surface area contributed by atoms with Crippen LogP contribution in [-0.4, -0.2) is 27.0 Å². The Balaban J connectivity index is 0.000000188. The first-order valence-electron chi connectivity index (χ1n) is 20.3. The van der Waals surface area contributed by atoms with E-state index in [9.17, 15) is 18.4 Å². The van der Waals surface area contributed by atoms with Gasteiger partial charge in [-0.2, -0.15) is 0 Å². The molecule has 4 aromatic heterocycles. The predicted octanol–water partition coefficient (Wildman–Crippen LogP) is 15.4. The highest BCUT2D eigenvalue weighted by Crippen LogP contribution is 2.39. The second kappa shape index (κ2) is 20.7. The predicted molar refractivity (Wildman–Crippen MR) is 266 cm³/mol. The lowest BCUT2D eigenvalue weighted by molar-refractivity contribution is 0.0696. The molecule has 0 unspecified atom stereocenters. The van der Waals surface area contributed by atoms with Gasteiger partial charge in [-0.15, -0.1) is 22.7 Å². The molecule has 0 saturated carbocycles. The number of carbonyl (C=O) groups excluding carboxylic acids is 1. The molecule has 0 bridgehead atoms. The fraction of sp³-hybridized carbons (Fsp3) is 0.154. The van der Waals surface area contributed by atoms with Gasteiger partial charge < -0.3 is 16.2 Å². The van der Waals surface area contributed by atoms with Crippen LogP contribution in [0.4, 0.5) is 20.2 Å². The van der Waals surface area contributed by atoms with Gasteiger partial charge in [-0.1, -0.05) is 76.9 Å². The van der Waals surface area contributed by atoms with Gasteiger partial charge in [-0.05, 0) is 142 Å². The summed E-state index contributed by atoms with van der Waals surface area (Å²) < 4.78 is 25.1. The number of rotatable bonds is 7. The summed E-state index contributed by atoms with van der Waals surface area (Å²) in [5.41, 5.74) is 15.0. The molecule has 4 heterocycles. The van der Waals surface area contributed by atoms with Crippen molar-refractivity contribution >= 4 is 69.1 Å². The minimum Gasteiger partial charge on any atom is -0.478 e. The summed E-state index contributed by atoms with van der Waals surface area (Å²) in [7, 11) is 0. The molecule has 0 aliphatic heterocycles. The molecule has 13 heteroatoms. The molecular weight excluding hydrogens is 902 g/mol. The maximum Gasteiger partial charge on any atom is 0.335 e. The Morgan fingerprint density at radius 2 is 1.02 bits per heavy atom. The number of halogens is 4. The number of pyridine rings is 2. The Kier molecular flexibility index (Phi) is 15.4. The average Bonchev–Trinajstić information content (AvgIpc) is 3.97. The minimum absolute atomic E-state index is 0.00787. The van der Waals surface area contributed by atoms with Crippen LogP contribution in [-0.2, 0) is 10.8 Å². The molecule has 65 heavy (non-hydrogen) atoms. The van der Waals surface area contributed by atoms with Crippen molar-refractivity contribution in [3.63, 3.8) is 0 Å². The number of anilines is 2. The summed E-state index contributed by atoms with van der Waals surface area (Å²) in [5, 5.41) is 16.8. The summed E-state index contributed by atoms with van der Waals surface area (Å²) >= 11 is 16.1. The second-order valence-corrected chi connectivity index (χ2v) is 19.6. The average molecular weight is 948 g/mol. The number of carbonyl (C=O) groups is 2. The van der Waals surface area contributed by atoms with Crippen molar-refractivity contribution in [2.24, 2.45) is 0 Å². The molecule has 332 valence electrons. The summed E-state index contributed by atoms with van der Waals surface area (Å²) in [6, 6.07) is 33.8. The van der Waals surface area contributed by atoms with E-state index in [0.717, 1.165) is 54.5 Å². The van der Waals surface area contributed by atoms with E-state index < -0.39 is 5.97 Å². The summed E-state index contributed by atoms with van der Waals surface area (Å²) in [6.45, 7) is 12.9.